The van der Waals surface area contributed by atoms with Crippen LogP contribution in [0.5, 0.6) is 0 Å². The highest BCUT2D eigenvalue weighted by atomic mass is 32.1. The van der Waals surface area contributed by atoms with E-state index in [4.69, 9.17) is 17.2 Å². The summed E-state index contributed by atoms with van der Waals surface area (Å²) in [5.74, 6) is -0.0278. The molecule has 0 aliphatic carbocycles. The summed E-state index contributed by atoms with van der Waals surface area (Å²) < 4.78 is 2.33. The molecule has 2 N–H and O–H groups in total. The monoisotopic (exact) mass is 573 g/mol. The standard InChI is InChI=1S/C35H35N5OS/c1-4-25-12-6-8-16-29(25)37-32(41)19-21-39-34(33(38-35(39)42)30-17-9-10-20-36-30)28-22-23(2)40(24(28)3)31-18-11-14-26-13-5-7-15-27(26)31/h5-18,20,22,33-34H,4,19,21H2,1-3H3,(H,37,41)(H,38,42)/t33-,34-/m1/s1. The molecule has 6 nitrogen and oxygen atoms in total. The number of carbonyl (C=O) groups excluding carboxylic acids is 1. The molecule has 1 aliphatic heterocycles. The molecule has 0 bridgehead atoms. The van der Waals surface area contributed by atoms with Crippen LogP contribution in [-0.4, -0.2) is 32.0 Å². The van der Waals surface area contributed by atoms with Gasteiger partial charge < -0.3 is 20.1 Å². The van der Waals surface area contributed by atoms with Crippen LogP contribution in [0.4, 0.5) is 5.69 Å². The van der Waals surface area contributed by atoms with Crippen molar-refractivity contribution >= 4 is 39.7 Å². The molecule has 5 aromatic rings. The summed E-state index contributed by atoms with van der Waals surface area (Å²) in [6.45, 7) is 6.90. The lowest BCUT2D eigenvalue weighted by atomic mass is 9.96. The highest BCUT2D eigenvalue weighted by Crippen LogP contribution is 2.42. The Bertz CT molecular complexity index is 1760. The molecular weight excluding hydrogens is 538 g/mol. The minimum Gasteiger partial charge on any atom is -0.352 e. The Kier molecular flexibility index (Phi) is 7.76. The van der Waals surface area contributed by atoms with Gasteiger partial charge in [-0.15, -0.1) is 0 Å². The zero-order valence-electron chi connectivity index (χ0n) is 24.2. The van der Waals surface area contributed by atoms with Gasteiger partial charge in [-0.05, 0) is 79.3 Å². The van der Waals surface area contributed by atoms with Crippen molar-refractivity contribution in [1.29, 1.82) is 0 Å². The number of thiocarbonyl (C=S) groups is 1. The fourth-order valence-electron chi connectivity index (χ4n) is 6.23. The summed E-state index contributed by atoms with van der Waals surface area (Å²) in [5, 5.41) is 9.70. The van der Waals surface area contributed by atoms with Gasteiger partial charge in [-0.3, -0.25) is 9.78 Å². The minimum atomic E-state index is -0.149. The van der Waals surface area contributed by atoms with E-state index in [2.05, 4.69) is 89.4 Å². The Balaban J connectivity index is 1.36. The minimum absolute atomic E-state index is 0.0278. The fourth-order valence-corrected chi connectivity index (χ4v) is 6.56. The number of hydrogen-bond acceptors (Lipinski definition) is 3. The van der Waals surface area contributed by atoms with Crippen molar-refractivity contribution in [2.75, 3.05) is 11.9 Å². The average molecular weight is 574 g/mol. The largest absolute Gasteiger partial charge is 0.352 e. The number of amides is 1. The lowest BCUT2D eigenvalue weighted by molar-refractivity contribution is -0.116. The highest BCUT2D eigenvalue weighted by molar-refractivity contribution is 7.80. The number of hydrogen-bond donors (Lipinski definition) is 2. The van der Waals surface area contributed by atoms with Gasteiger partial charge in [0.25, 0.3) is 0 Å². The first kappa shape index (κ1) is 27.7. The van der Waals surface area contributed by atoms with E-state index in [9.17, 15) is 4.79 Å². The Morgan fingerprint density at radius 3 is 2.55 bits per heavy atom. The van der Waals surface area contributed by atoms with Gasteiger partial charge in [0.15, 0.2) is 5.11 Å². The average Bonchev–Trinajstić information content (AvgIpc) is 3.50. The summed E-state index contributed by atoms with van der Waals surface area (Å²) in [4.78, 5) is 20.0. The second-order valence-electron chi connectivity index (χ2n) is 10.8. The topological polar surface area (TPSA) is 62.2 Å². The summed E-state index contributed by atoms with van der Waals surface area (Å²) in [7, 11) is 0. The van der Waals surface area contributed by atoms with Crippen LogP contribution < -0.4 is 10.6 Å². The number of pyridine rings is 1. The molecule has 2 aromatic heterocycles. The van der Waals surface area contributed by atoms with Gasteiger partial charge in [0.05, 0.1) is 23.5 Å². The molecule has 0 radical (unpaired) electrons. The number of nitrogens with one attached hydrogen (secondary N) is 2. The third kappa shape index (κ3) is 5.16. The summed E-state index contributed by atoms with van der Waals surface area (Å²) in [5.41, 5.74) is 7.52. The van der Waals surface area contributed by atoms with Crippen molar-refractivity contribution in [3.05, 3.63) is 125 Å². The van der Waals surface area contributed by atoms with Crippen molar-refractivity contribution in [2.45, 2.75) is 45.7 Å². The maximum Gasteiger partial charge on any atom is 0.226 e. The molecule has 6 rings (SSSR count). The molecule has 0 unspecified atom stereocenters. The highest BCUT2D eigenvalue weighted by Gasteiger charge is 2.41. The SMILES string of the molecule is CCc1ccccc1NC(=O)CCN1C(=S)N[C@H](c2ccccn2)[C@H]1c1cc(C)n(-c2cccc3ccccc23)c1C. The number of benzene rings is 3. The van der Waals surface area contributed by atoms with Crippen molar-refractivity contribution in [3.63, 3.8) is 0 Å². The molecule has 1 aliphatic rings. The fraction of sp³-hybridized carbons (Fsp3) is 0.229. The van der Waals surface area contributed by atoms with Gasteiger partial charge in [-0.25, -0.2) is 0 Å². The number of anilines is 1. The molecule has 3 aromatic carbocycles. The molecule has 2 atom stereocenters. The van der Waals surface area contributed by atoms with Crippen molar-refractivity contribution in [2.24, 2.45) is 0 Å². The van der Waals surface area contributed by atoms with E-state index in [1.165, 1.54) is 16.3 Å². The second-order valence-corrected chi connectivity index (χ2v) is 11.2. The van der Waals surface area contributed by atoms with Crippen LogP contribution in [0.25, 0.3) is 16.5 Å². The molecular formula is C35H35N5OS. The molecule has 1 saturated heterocycles. The molecule has 1 fully saturated rings. The van der Waals surface area contributed by atoms with Gasteiger partial charge in [-0.1, -0.05) is 67.6 Å². The van der Waals surface area contributed by atoms with E-state index in [1.807, 2.05) is 48.7 Å². The lowest BCUT2D eigenvalue weighted by Crippen LogP contribution is -2.33. The number of carbonyl (C=O) groups is 1. The molecule has 3 heterocycles. The van der Waals surface area contributed by atoms with E-state index >= 15 is 0 Å². The van der Waals surface area contributed by atoms with Crippen LogP contribution in [0.2, 0.25) is 0 Å². The number of fused-ring (bicyclic) bond motifs is 1. The van der Waals surface area contributed by atoms with Crippen molar-refractivity contribution < 1.29 is 4.79 Å². The molecule has 42 heavy (non-hydrogen) atoms. The maximum absolute atomic E-state index is 13.2. The Morgan fingerprint density at radius 1 is 0.976 bits per heavy atom. The molecule has 0 saturated carbocycles. The van der Waals surface area contributed by atoms with Gasteiger partial charge in [-0.2, -0.15) is 0 Å². The number of para-hydroxylation sites is 1. The first-order chi connectivity index (χ1) is 20.5. The third-order valence-corrected chi connectivity index (χ3v) is 8.60. The zero-order chi connectivity index (χ0) is 29.2. The Morgan fingerprint density at radius 2 is 1.74 bits per heavy atom. The summed E-state index contributed by atoms with van der Waals surface area (Å²) in [6, 6.07) is 30.8. The van der Waals surface area contributed by atoms with Gasteiger partial charge >= 0.3 is 0 Å². The van der Waals surface area contributed by atoms with E-state index in [0.717, 1.165) is 40.4 Å². The normalized spacial score (nSPS) is 16.5. The van der Waals surface area contributed by atoms with Crippen molar-refractivity contribution in [3.8, 4) is 5.69 Å². The van der Waals surface area contributed by atoms with Gasteiger partial charge in [0, 0.05) is 41.6 Å². The molecule has 212 valence electrons. The maximum atomic E-state index is 13.2. The third-order valence-electron chi connectivity index (χ3n) is 8.25. The Labute approximate surface area is 252 Å². The number of rotatable bonds is 8. The van der Waals surface area contributed by atoms with Crippen LogP contribution >= 0.6 is 12.2 Å². The van der Waals surface area contributed by atoms with Crippen LogP contribution in [0.3, 0.4) is 0 Å². The quantitative estimate of drug-likeness (QED) is 0.192. The van der Waals surface area contributed by atoms with Crippen LogP contribution in [-0.2, 0) is 11.2 Å². The molecule has 1 amide bonds. The van der Waals surface area contributed by atoms with E-state index in [-0.39, 0.29) is 18.0 Å². The predicted octanol–water partition coefficient (Wildman–Crippen LogP) is 7.21. The summed E-state index contributed by atoms with van der Waals surface area (Å²) in [6.07, 6.45) is 2.99. The molecule has 0 spiro atoms. The number of aryl methyl sites for hydroxylation is 2. The zero-order valence-corrected chi connectivity index (χ0v) is 25.0. The van der Waals surface area contributed by atoms with Crippen LogP contribution in [0.1, 0.15) is 53.6 Å². The van der Waals surface area contributed by atoms with Gasteiger partial charge in [0.1, 0.15) is 0 Å². The van der Waals surface area contributed by atoms with Crippen molar-refractivity contribution in [1.82, 2.24) is 19.8 Å². The van der Waals surface area contributed by atoms with E-state index in [1.54, 1.807) is 0 Å². The smallest absolute Gasteiger partial charge is 0.226 e. The first-order valence-electron chi connectivity index (χ1n) is 14.5. The second kappa shape index (κ2) is 11.8. The Hall–Kier alpha value is -4.49. The first-order valence-corrected chi connectivity index (χ1v) is 14.9. The number of aromatic nitrogens is 2. The lowest BCUT2D eigenvalue weighted by Gasteiger charge is -2.28. The molecule has 7 heteroatoms. The van der Waals surface area contributed by atoms with E-state index in [0.29, 0.717) is 18.1 Å². The van der Waals surface area contributed by atoms with E-state index < -0.39 is 0 Å². The van der Waals surface area contributed by atoms with Crippen LogP contribution in [0, 0.1) is 13.8 Å². The van der Waals surface area contributed by atoms with Crippen LogP contribution in [0.15, 0.2) is 97.2 Å². The summed E-state index contributed by atoms with van der Waals surface area (Å²) >= 11 is 5.90. The number of nitrogens with zero attached hydrogens (tertiary/aromatic N) is 3. The predicted molar refractivity (Wildman–Crippen MR) is 174 cm³/mol. The van der Waals surface area contributed by atoms with Gasteiger partial charge in [0.2, 0.25) is 5.91 Å².